The summed E-state index contributed by atoms with van der Waals surface area (Å²) < 4.78 is 26.5. The van der Waals surface area contributed by atoms with Gasteiger partial charge >= 0.3 is 5.92 Å². The van der Waals surface area contributed by atoms with E-state index in [-0.39, 0.29) is 0 Å². The number of halogens is 2. The molecule has 0 atom stereocenters. The van der Waals surface area contributed by atoms with Crippen LogP contribution in [0.5, 0.6) is 0 Å². The number of aryl methyl sites for hydroxylation is 1. The first-order valence-electron chi connectivity index (χ1n) is 4.13. The second kappa shape index (κ2) is 4.16. The molecule has 0 aromatic carbocycles. The van der Waals surface area contributed by atoms with Crippen molar-refractivity contribution in [2.24, 2.45) is 0 Å². The van der Waals surface area contributed by atoms with Crippen LogP contribution in [0.25, 0.3) is 0 Å². The smallest absolute Gasteiger partial charge is 0.325 e. The summed E-state index contributed by atoms with van der Waals surface area (Å²) in [6.45, 7) is 3.80. The molecule has 0 aliphatic heterocycles. The molecule has 82 valence electrons. The number of carbonyl (C=O) groups is 1. The van der Waals surface area contributed by atoms with Crippen molar-refractivity contribution < 1.29 is 13.6 Å². The minimum atomic E-state index is -3.29. The van der Waals surface area contributed by atoms with E-state index in [1.165, 1.54) is 6.92 Å². The van der Waals surface area contributed by atoms with Gasteiger partial charge in [0.1, 0.15) is 5.82 Å². The molecule has 1 rings (SSSR count). The highest BCUT2D eigenvalue weighted by molar-refractivity contribution is 5.86. The maximum atomic E-state index is 13.3. The molecule has 15 heavy (non-hydrogen) atoms. The Balaban J connectivity index is 2.66. The van der Waals surface area contributed by atoms with Crippen LogP contribution in [0.15, 0.2) is 12.7 Å². The van der Waals surface area contributed by atoms with Crippen molar-refractivity contribution in [1.82, 2.24) is 20.5 Å². The van der Waals surface area contributed by atoms with Crippen molar-refractivity contribution in [3.05, 3.63) is 24.3 Å². The number of aromatic nitrogens is 3. The van der Waals surface area contributed by atoms with Gasteiger partial charge in [-0.1, -0.05) is 6.58 Å². The third-order valence-corrected chi connectivity index (χ3v) is 1.59. The minimum absolute atomic E-state index is 0.291. The number of nitrogens with one attached hydrogen (secondary N) is 2. The van der Waals surface area contributed by atoms with Crippen LogP contribution in [-0.4, -0.2) is 27.6 Å². The second-order valence-corrected chi connectivity index (χ2v) is 2.87. The molecule has 2 N–H and O–H groups in total. The predicted molar refractivity (Wildman–Crippen MR) is 48.2 cm³/mol. The molecule has 0 radical (unpaired) electrons. The molecule has 0 bridgehead atoms. The summed E-state index contributed by atoms with van der Waals surface area (Å²) in [7, 11) is 0. The van der Waals surface area contributed by atoms with E-state index >= 15 is 0 Å². The summed E-state index contributed by atoms with van der Waals surface area (Å²) in [5.41, 5.74) is 0. The summed E-state index contributed by atoms with van der Waals surface area (Å²) in [5, 5.41) is 7.61. The van der Waals surface area contributed by atoms with Crippen molar-refractivity contribution in [2.45, 2.75) is 12.8 Å². The number of nitrogens with zero attached hydrogens (tertiary/aromatic N) is 2. The Kier molecular flexibility index (Phi) is 3.13. The molecule has 1 aromatic heterocycles. The highest BCUT2D eigenvalue weighted by Crippen LogP contribution is 2.23. The Hall–Kier alpha value is -1.79. The van der Waals surface area contributed by atoms with E-state index in [0.29, 0.717) is 5.82 Å². The van der Waals surface area contributed by atoms with E-state index in [0.717, 1.165) is 6.08 Å². The largest absolute Gasteiger partial charge is 0.346 e. The van der Waals surface area contributed by atoms with Gasteiger partial charge in [0.05, 0.1) is 6.54 Å². The highest BCUT2D eigenvalue weighted by Gasteiger charge is 2.36. The first-order valence-corrected chi connectivity index (χ1v) is 4.13. The molecule has 0 spiro atoms. The summed E-state index contributed by atoms with van der Waals surface area (Å²) in [4.78, 5) is 14.2. The molecule has 0 saturated heterocycles. The monoisotopic (exact) mass is 216 g/mol. The molecule has 0 unspecified atom stereocenters. The van der Waals surface area contributed by atoms with E-state index in [1.54, 1.807) is 0 Å². The number of H-pyrrole nitrogens is 1. The lowest BCUT2D eigenvalue weighted by molar-refractivity contribution is -0.118. The third-order valence-electron chi connectivity index (χ3n) is 1.59. The predicted octanol–water partition coefficient (Wildman–Crippen LogP) is 0.507. The van der Waals surface area contributed by atoms with Gasteiger partial charge < -0.3 is 5.32 Å². The molecule has 1 heterocycles. The van der Waals surface area contributed by atoms with Gasteiger partial charge in [-0.2, -0.15) is 13.9 Å². The van der Waals surface area contributed by atoms with E-state index in [1.807, 2.05) is 5.32 Å². The Labute approximate surface area is 84.6 Å². The first-order chi connectivity index (χ1) is 6.95. The third kappa shape index (κ3) is 2.83. The second-order valence-electron chi connectivity index (χ2n) is 2.87. The molecule has 0 aliphatic rings. The fourth-order valence-corrected chi connectivity index (χ4v) is 0.856. The number of amides is 1. The van der Waals surface area contributed by atoms with Crippen molar-refractivity contribution in [1.29, 1.82) is 0 Å². The number of aromatic amines is 1. The van der Waals surface area contributed by atoms with Gasteiger partial charge in [-0.25, -0.2) is 4.98 Å². The number of hydrogen-bond acceptors (Lipinski definition) is 3. The van der Waals surface area contributed by atoms with Crippen molar-refractivity contribution in [3.63, 3.8) is 0 Å². The number of alkyl halides is 2. The fraction of sp³-hybridized carbons (Fsp3) is 0.375. The molecule has 0 saturated carbocycles. The van der Waals surface area contributed by atoms with Crippen molar-refractivity contribution in [2.75, 3.05) is 6.54 Å². The summed E-state index contributed by atoms with van der Waals surface area (Å²) >= 11 is 0. The molecule has 0 aliphatic carbocycles. The van der Waals surface area contributed by atoms with E-state index in [2.05, 4.69) is 21.8 Å². The van der Waals surface area contributed by atoms with E-state index in [4.69, 9.17) is 0 Å². The molecule has 7 heteroatoms. The van der Waals surface area contributed by atoms with E-state index in [9.17, 15) is 13.6 Å². The van der Waals surface area contributed by atoms with Crippen molar-refractivity contribution in [3.8, 4) is 0 Å². The van der Waals surface area contributed by atoms with Crippen LogP contribution in [0.1, 0.15) is 11.6 Å². The standard InChI is InChI=1S/C8H10F2N4O/c1-3-6(15)11-4-8(9,10)7-12-5(2)13-14-7/h3H,1,4H2,2H3,(H,11,15)(H,12,13,14). The number of carbonyl (C=O) groups excluding carboxylic acids is 1. The summed E-state index contributed by atoms with van der Waals surface area (Å²) in [6.07, 6.45) is 0.916. The van der Waals surface area contributed by atoms with Gasteiger partial charge in [0.2, 0.25) is 11.7 Å². The zero-order valence-corrected chi connectivity index (χ0v) is 8.05. The number of rotatable bonds is 4. The average Bonchev–Trinajstić information content (AvgIpc) is 2.62. The topological polar surface area (TPSA) is 70.7 Å². The number of hydrogen-bond donors (Lipinski definition) is 2. The van der Waals surface area contributed by atoms with Gasteiger partial charge in [0, 0.05) is 0 Å². The Morgan fingerprint density at radius 3 is 2.87 bits per heavy atom. The molecule has 5 nitrogen and oxygen atoms in total. The Morgan fingerprint density at radius 2 is 2.40 bits per heavy atom. The Morgan fingerprint density at radius 1 is 1.73 bits per heavy atom. The lowest BCUT2D eigenvalue weighted by atomic mass is 10.3. The van der Waals surface area contributed by atoms with Gasteiger partial charge in [-0.15, -0.1) is 0 Å². The molecular formula is C8H10F2N4O. The van der Waals surface area contributed by atoms with Gasteiger partial charge in [-0.3, -0.25) is 9.89 Å². The quantitative estimate of drug-likeness (QED) is 0.720. The van der Waals surface area contributed by atoms with Crippen LogP contribution in [0, 0.1) is 6.92 Å². The van der Waals surface area contributed by atoms with Gasteiger partial charge in [-0.05, 0) is 13.0 Å². The van der Waals surface area contributed by atoms with E-state index < -0.39 is 24.2 Å². The minimum Gasteiger partial charge on any atom is -0.346 e. The van der Waals surface area contributed by atoms with Crippen LogP contribution >= 0.6 is 0 Å². The van der Waals surface area contributed by atoms with Crippen LogP contribution in [0.2, 0.25) is 0 Å². The fourth-order valence-electron chi connectivity index (χ4n) is 0.856. The maximum Gasteiger partial charge on any atom is 0.325 e. The molecule has 0 fully saturated rings. The Bertz CT molecular complexity index is 374. The lowest BCUT2D eigenvalue weighted by Gasteiger charge is -2.12. The van der Waals surface area contributed by atoms with Gasteiger partial charge in [0.15, 0.2) is 0 Å². The van der Waals surface area contributed by atoms with Crippen LogP contribution < -0.4 is 5.32 Å². The summed E-state index contributed by atoms with van der Waals surface area (Å²) in [5.74, 6) is -4.30. The van der Waals surface area contributed by atoms with Crippen LogP contribution in [0.3, 0.4) is 0 Å². The average molecular weight is 216 g/mol. The zero-order chi connectivity index (χ0) is 11.5. The highest BCUT2D eigenvalue weighted by atomic mass is 19.3. The molecular weight excluding hydrogens is 206 g/mol. The SMILES string of the molecule is C=CC(=O)NCC(F)(F)c1n[nH]c(C)n1. The molecule has 1 amide bonds. The molecule has 1 aromatic rings. The lowest BCUT2D eigenvalue weighted by Crippen LogP contribution is -2.34. The van der Waals surface area contributed by atoms with Crippen molar-refractivity contribution >= 4 is 5.91 Å². The van der Waals surface area contributed by atoms with Crippen LogP contribution in [0.4, 0.5) is 8.78 Å². The van der Waals surface area contributed by atoms with Gasteiger partial charge in [0.25, 0.3) is 0 Å². The summed E-state index contributed by atoms with van der Waals surface area (Å²) in [6, 6.07) is 0. The zero-order valence-electron chi connectivity index (χ0n) is 8.05. The normalized spacial score (nSPS) is 11.1. The maximum absolute atomic E-state index is 13.3. The first kappa shape index (κ1) is 11.3. The van der Waals surface area contributed by atoms with Crippen LogP contribution in [-0.2, 0) is 10.7 Å².